The number of nitrogens with zero attached hydrogens (tertiary/aromatic N) is 2. The second kappa shape index (κ2) is 5.02. The van der Waals surface area contributed by atoms with Gasteiger partial charge in [-0.15, -0.1) is 0 Å². The fraction of sp³-hybridized carbons (Fsp3) is 0.500. The van der Waals surface area contributed by atoms with Crippen LogP contribution in [0.2, 0.25) is 0 Å². The average Bonchev–Trinajstić information content (AvgIpc) is 2.66. The van der Waals surface area contributed by atoms with Crippen LogP contribution < -0.4 is 4.90 Å². The number of hydrogen-bond acceptors (Lipinski definition) is 3. The monoisotopic (exact) mass is 272 g/mol. The van der Waals surface area contributed by atoms with Gasteiger partial charge in [0, 0.05) is 13.1 Å². The van der Waals surface area contributed by atoms with E-state index in [1.807, 2.05) is 25.1 Å². The van der Waals surface area contributed by atoms with Crippen molar-refractivity contribution >= 4 is 17.4 Å². The van der Waals surface area contributed by atoms with Crippen LogP contribution >= 0.6 is 0 Å². The van der Waals surface area contributed by atoms with E-state index in [1.165, 1.54) is 0 Å². The van der Waals surface area contributed by atoms with Gasteiger partial charge in [-0.1, -0.05) is 18.6 Å². The number of carbonyl (C=O) groups is 2. The quantitative estimate of drug-likeness (QED) is 0.775. The van der Waals surface area contributed by atoms with Gasteiger partial charge in [-0.3, -0.25) is 19.4 Å². The van der Waals surface area contributed by atoms with Crippen molar-refractivity contribution in [2.24, 2.45) is 5.92 Å². The minimum atomic E-state index is -0.385. The second-order valence-corrected chi connectivity index (χ2v) is 6.02. The molecule has 0 radical (unpaired) electrons. The highest BCUT2D eigenvalue weighted by atomic mass is 16.2. The van der Waals surface area contributed by atoms with Crippen molar-refractivity contribution < 1.29 is 9.59 Å². The molecule has 0 unspecified atom stereocenters. The third kappa shape index (κ3) is 2.24. The van der Waals surface area contributed by atoms with E-state index in [-0.39, 0.29) is 11.7 Å². The van der Waals surface area contributed by atoms with Gasteiger partial charge < -0.3 is 0 Å². The number of benzene rings is 1. The first kappa shape index (κ1) is 13.3. The molecule has 0 bridgehead atoms. The Labute approximate surface area is 119 Å². The molecule has 0 saturated carbocycles. The SMILES string of the molecule is Cc1ccc2c(c1)C(=O)C(=O)N2CN1CCC(C)CC1. The summed E-state index contributed by atoms with van der Waals surface area (Å²) in [5, 5.41) is 0. The summed E-state index contributed by atoms with van der Waals surface area (Å²) < 4.78 is 0. The standard InChI is InChI=1S/C16H20N2O2/c1-11-5-7-17(8-6-11)10-18-14-4-3-12(2)9-13(14)15(19)16(18)20/h3-4,9,11H,5-8,10H2,1-2H3. The van der Waals surface area contributed by atoms with Crippen LogP contribution in [0.25, 0.3) is 0 Å². The molecule has 1 aromatic rings. The van der Waals surface area contributed by atoms with E-state index in [4.69, 9.17) is 0 Å². The van der Waals surface area contributed by atoms with Gasteiger partial charge in [0.1, 0.15) is 0 Å². The Bertz CT molecular complexity index is 560. The smallest absolute Gasteiger partial charge is 0.291 e. The molecule has 0 aromatic heterocycles. The molecule has 2 aliphatic rings. The molecular formula is C16H20N2O2. The zero-order chi connectivity index (χ0) is 14.3. The molecule has 1 fully saturated rings. The topological polar surface area (TPSA) is 40.6 Å². The lowest BCUT2D eigenvalue weighted by Crippen LogP contribution is -2.44. The molecule has 2 aliphatic heterocycles. The van der Waals surface area contributed by atoms with Crippen LogP contribution in [0, 0.1) is 12.8 Å². The summed E-state index contributed by atoms with van der Waals surface area (Å²) in [6.45, 7) is 6.74. The van der Waals surface area contributed by atoms with E-state index in [9.17, 15) is 9.59 Å². The molecule has 0 N–H and O–H groups in total. The normalized spacial score (nSPS) is 20.6. The Morgan fingerprint density at radius 2 is 1.90 bits per heavy atom. The van der Waals surface area contributed by atoms with Crippen LogP contribution in [0.4, 0.5) is 5.69 Å². The average molecular weight is 272 g/mol. The molecule has 4 heteroatoms. The van der Waals surface area contributed by atoms with E-state index >= 15 is 0 Å². The van der Waals surface area contributed by atoms with E-state index in [1.54, 1.807) is 4.90 Å². The van der Waals surface area contributed by atoms with Crippen molar-refractivity contribution in [3.8, 4) is 0 Å². The number of fused-ring (bicyclic) bond motifs is 1. The lowest BCUT2D eigenvalue weighted by atomic mass is 10.00. The lowest BCUT2D eigenvalue weighted by molar-refractivity contribution is -0.114. The number of aryl methyl sites for hydroxylation is 1. The maximum Gasteiger partial charge on any atom is 0.300 e. The highest BCUT2D eigenvalue weighted by Crippen LogP contribution is 2.30. The number of Topliss-reactive ketones (excluding diaryl/α,β-unsaturated/α-hetero) is 1. The third-order valence-corrected chi connectivity index (χ3v) is 4.34. The van der Waals surface area contributed by atoms with Crippen molar-refractivity contribution in [1.82, 2.24) is 4.90 Å². The number of rotatable bonds is 2. The first-order valence-corrected chi connectivity index (χ1v) is 7.25. The summed E-state index contributed by atoms with van der Waals surface area (Å²) in [6, 6.07) is 5.66. The largest absolute Gasteiger partial charge is 0.300 e. The summed E-state index contributed by atoms with van der Waals surface area (Å²) >= 11 is 0. The van der Waals surface area contributed by atoms with Crippen LogP contribution in [-0.2, 0) is 4.79 Å². The molecule has 1 amide bonds. The minimum Gasteiger partial charge on any atom is -0.291 e. The summed E-state index contributed by atoms with van der Waals surface area (Å²) in [4.78, 5) is 28.1. The Hall–Kier alpha value is -1.68. The van der Waals surface area contributed by atoms with Crippen LogP contribution in [-0.4, -0.2) is 36.3 Å². The summed E-state index contributed by atoms with van der Waals surface area (Å²) in [7, 11) is 0. The Kier molecular flexibility index (Phi) is 3.34. The Balaban J connectivity index is 1.81. The number of amides is 1. The summed E-state index contributed by atoms with van der Waals surface area (Å²) in [6.07, 6.45) is 2.33. The van der Waals surface area contributed by atoms with Gasteiger partial charge in [-0.05, 0) is 37.8 Å². The predicted octanol–water partition coefficient (Wildman–Crippen LogP) is 2.21. The minimum absolute atomic E-state index is 0.367. The van der Waals surface area contributed by atoms with Gasteiger partial charge >= 0.3 is 5.91 Å². The number of carbonyl (C=O) groups excluding carboxylic acids is 2. The fourth-order valence-corrected chi connectivity index (χ4v) is 2.96. The Morgan fingerprint density at radius 1 is 1.20 bits per heavy atom. The lowest BCUT2D eigenvalue weighted by Gasteiger charge is -2.33. The first-order chi connectivity index (χ1) is 9.56. The number of likely N-dealkylation sites (tertiary alicyclic amines) is 1. The number of hydrogen-bond donors (Lipinski definition) is 0. The molecule has 1 saturated heterocycles. The van der Waals surface area contributed by atoms with Gasteiger partial charge in [-0.25, -0.2) is 0 Å². The van der Waals surface area contributed by atoms with Crippen LogP contribution in [0.1, 0.15) is 35.7 Å². The van der Waals surface area contributed by atoms with E-state index in [0.29, 0.717) is 12.2 Å². The maximum atomic E-state index is 12.2. The highest BCUT2D eigenvalue weighted by Gasteiger charge is 2.36. The molecule has 3 rings (SSSR count). The molecule has 1 aromatic carbocycles. The van der Waals surface area contributed by atoms with Crippen molar-refractivity contribution in [1.29, 1.82) is 0 Å². The van der Waals surface area contributed by atoms with Crippen molar-refractivity contribution in [3.63, 3.8) is 0 Å². The van der Waals surface area contributed by atoms with Gasteiger partial charge in [0.25, 0.3) is 5.78 Å². The van der Waals surface area contributed by atoms with Gasteiger partial charge in [0.05, 0.1) is 17.9 Å². The number of anilines is 1. The molecule has 0 aliphatic carbocycles. The number of ketones is 1. The predicted molar refractivity (Wildman–Crippen MR) is 77.8 cm³/mol. The van der Waals surface area contributed by atoms with E-state index in [0.717, 1.165) is 43.1 Å². The molecule has 0 spiro atoms. The fourth-order valence-electron chi connectivity index (χ4n) is 2.96. The Morgan fingerprint density at radius 3 is 2.60 bits per heavy atom. The van der Waals surface area contributed by atoms with Crippen LogP contribution in [0.3, 0.4) is 0 Å². The zero-order valence-electron chi connectivity index (χ0n) is 12.1. The second-order valence-electron chi connectivity index (χ2n) is 6.02. The third-order valence-electron chi connectivity index (χ3n) is 4.34. The van der Waals surface area contributed by atoms with Crippen LogP contribution in [0.15, 0.2) is 18.2 Å². The molecule has 20 heavy (non-hydrogen) atoms. The van der Waals surface area contributed by atoms with Crippen molar-refractivity contribution in [2.75, 3.05) is 24.7 Å². The molecule has 106 valence electrons. The van der Waals surface area contributed by atoms with Gasteiger partial charge in [-0.2, -0.15) is 0 Å². The molecular weight excluding hydrogens is 252 g/mol. The van der Waals surface area contributed by atoms with Crippen molar-refractivity contribution in [3.05, 3.63) is 29.3 Å². The summed E-state index contributed by atoms with van der Waals surface area (Å²) in [5.74, 6) is 0.00963. The van der Waals surface area contributed by atoms with Crippen LogP contribution in [0.5, 0.6) is 0 Å². The number of piperidine rings is 1. The molecule has 4 nitrogen and oxygen atoms in total. The summed E-state index contributed by atoms with van der Waals surface area (Å²) in [5.41, 5.74) is 2.34. The maximum absolute atomic E-state index is 12.2. The van der Waals surface area contributed by atoms with Gasteiger partial charge in [0.2, 0.25) is 0 Å². The van der Waals surface area contributed by atoms with Crippen molar-refractivity contribution in [2.45, 2.75) is 26.7 Å². The molecule has 0 atom stereocenters. The first-order valence-electron chi connectivity index (χ1n) is 7.25. The molecule has 2 heterocycles. The highest BCUT2D eigenvalue weighted by molar-refractivity contribution is 6.52. The van der Waals surface area contributed by atoms with Gasteiger partial charge in [0.15, 0.2) is 0 Å². The van der Waals surface area contributed by atoms with E-state index < -0.39 is 0 Å². The zero-order valence-corrected chi connectivity index (χ0v) is 12.1. The van der Waals surface area contributed by atoms with E-state index in [2.05, 4.69) is 11.8 Å².